The summed E-state index contributed by atoms with van der Waals surface area (Å²) < 4.78 is 15.5. The van der Waals surface area contributed by atoms with Crippen molar-refractivity contribution in [2.45, 2.75) is 0 Å². The number of methoxy groups -OCH3 is 3. The zero-order valence-electron chi connectivity index (χ0n) is 8.59. The lowest BCUT2D eigenvalue weighted by Gasteiger charge is -2.13. The van der Waals surface area contributed by atoms with Crippen molar-refractivity contribution in [2.75, 3.05) is 26.6 Å². The molecule has 1 radical (unpaired) electrons. The molecule has 0 saturated heterocycles. The second kappa shape index (κ2) is 4.60. The highest BCUT2D eigenvalue weighted by Crippen LogP contribution is 2.39. The normalized spacial score (nSPS) is 9.43. The standard InChI is InChI=1S/C10H14NO3/c1-11-7-5-8(12-2)10(14-4)9(6-7)13-3/h5-6,11H,1H2,2-4H3. The molecule has 0 heterocycles. The molecule has 0 saturated carbocycles. The smallest absolute Gasteiger partial charge is 0.203 e. The molecule has 1 aromatic carbocycles. The van der Waals surface area contributed by atoms with Crippen molar-refractivity contribution < 1.29 is 14.2 Å². The molecule has 1 rings (SSSR count). The summed E-state index contributed by atoms with van der Waals surface area (Å²) in [5.74, 6) is 1.80. The van der Waals surface area contributed by atoms with E-state index in [1.54, 1.807) is 33.5 Å². The lowest BCUT2D eigenvalue weighted by atomic mass is 10.2. The van der Waals surface area contributed by atoms with Gasteiger partial charge in [0, 0.05) is 24.9 Å². The van der Waals surface area contributed by atoms with Crippen molar-refractivity contribution in [1.82, 2.24) is 0 Å². The van der Waals surface area contributed by atoms with Crippen LogP contribution in [-0.2, 0) is 0 Å². The Labute approximate surface area is 83.8 Å². The highest BCUT2D eigenvalue weighted by molar-refractivity contribution is 5.62. The Morgan fingerprint density at radius 2 is 1.50 bits per heavy atom. The summed E-state index contributed by atoms with van der Waals surface area (Å²) in [5.41, 5.74) is 0.805. The minimum absolute atomic E-state index is 0.578. The monoisotopic (exact) mass is 196 g/mol. The van der Waals surface area contributed by atoms with Gasteiger partial charge in [-0.3, -0.25) is 0 Å². The molecule has 0 aliphatic rings. The Hall–Kier alpha value is -1.58. The van der Waals surface area contributed by atoms with E-state index >= 15 is 0 Å². The van der Waals surface area contributed by atoms with E-state index in [9.17, 15) is 0 Å². The summed E-state index contributed by atoms with van der Waals surface area (Å²) in [7, 11) is 8.27. The second-order valence-corrected chi connectivity index (χ2v) is 2.59. The predicted molar refractivity (Wildman–Crippen MR) is 55.1 cm³/mol. The van der Waals surface area contributed by atoms with E-state index in [0.717, 1.165) is 5.69 Å². The van der Waals surface area contributed by atoms with Gasteiger partial charge in [-0.05, 0) is 0 Å². The molecule has 0 aliphatic carbocycles. The first kappa shape index (κ1) is 10.5. The summed E-state index contributed by atoms with van der Waals surface area (Å²) in [5, 5.41) is 2.76. The number of nitrogens with one attached hydrogen (secondary N) is 1. The molecule has 0 bridgehead atoms. The van der Waals surface area contributed by atoms with Crippen LogP contribution in [0.1, 0.15) is 0 Å². The molecule has 0 fully saturated rings. The lowest BCUT2D eigenvalue weighted by Crippen LogP contribution is -1.96. The van der Waals surface area contributed by atoms with Gasteiger partial charge in [-0.15, -0.1) is 0 Å². The van der Waals surface area contributed by atoms with Crippen LogP contribution >= 0.6 is 0 Å². The van der Waals surface area contributed by atoms with E-state index in [1.165, 1.54) is 0 Å². The molecule has 0 unspecified atom stereocenters. The number of hydrogen-bond donors (Lipinski definition) is 1. The van der Waals surface area contributed by atoms with Crippen molar-refractivity contribution in [3.63, 3.8) is 0 Å². The van der Waals surface area contributed by atoms with Gasteiger partial charge in [0.05, 0.1) is 21.3 Å². The van der Waals surface area contributed by atoms with Crippen LogP contribution < -0.4 is 19.5 Å². The van der Waals surface area contributed by atoms with Crippen LogP contribution in [0.3, 0.4) is 0 Å². The number of ether oxygens (including phenoxy) is 3. The number of hydrogen-bond acceptors (Lipinski definition) is 4. The average molecular weight is 196 g/mol. The molecule has 4 heteroatoms. The van der Waals surface area contributed by atoms with Crippen LogP contribution in [0.5, 0.6) is 17.2 Å². The molecule has 14 heavy (non-hydrogen) atoms. The van der Waals surface area contributed by atoms with Crippen LogP contribution in [0.2, 0.25) is 0 Å². The predicted octanol–water partition coefficient (Wildman–Crippen LogP) is 1.92. The van der Waals surface area contributed by atoms with E-state index in [-0.39, 0.29) is 0 Å². The van der Waals surface area contributed by atoms with Gasteiger partial charge in [-0.1, -0.05) is 0 Å². The first-order valence-electron chi connectivity index (χ1n) is 4.10. The summed E-state index contributed by atoms with van der Waals surface area (Å²) in [6.45, 7) is 0. The Bertz CT molecular complexity index is 287. The Morgan fingerprint density at radius 1 is 1.00 bits per heavy atom. The van der Waals surface area contributed by atoms with Crippen molar-refractivity contribution in [3.8, 4) is 17.2 Å². The molecule has 4 nitrogen and oxygen atoms in total. The molecule has 77 valence electrons. The second-order valence-electron chi connectivity index (χ2n) is 2.59. The first-order valence-corrected chi connectivity index (χ1v) is 4.10. The van der Waals surface area contributed by atoms with E-state index in [0.29, 0.717) is 17.2 Å². The molecule has 0 spiro atoms. The van der Waals surface area contributed by atoms with Crippen LogP contribution in [0.15, 0.2) is 12.1 Å². The number of rotatable bonds is 4. The number of anilines is 1. The molecule has 0 atom stereocenters. The van der Waals surface area contributed by atoms with Gasteiger partial charge in [-0.2, -0.15) is 0 Å². The lowest BCUT2D eigenvalue weighted by molar-refractivity contribution is 0.324. The van der Waals surface area contributed by atoms with Crippen LogP contribution in [-0.4, -0.2) is 21.3 Å². The minimum Gasteiger partial charge on any atom is -0.493 e. The summed E-state index contributed by atoms with van der Waals surface area (Å²) in [6, 6.07) is 3.57. The van der Waals surface area contributed by atoms with E-state index in [2.05, 4.69) is 12.4 Å². The third-order valence-electron chi connectivity index (χ3n) is 1.87. The van der Waals surface area contributed by atoms with Gasteiger partial charge in [-0.25, -0.2) is 0 Å². The summed E-state index contributed by atoms with van der Waals surface area (Å²) in [4.78, 5) is 0. The minimum atomic E-state index is 0.578. The van der Waals surface area contributed by atoms with Gasteiger partial charge in [0.25, 0.3) is 0 Å². The average Bonchev–Trinajstić information content (AvgIpc) is 2.26. The maximum absolute atomic E-state index is 5.16. The topological polar surface area (TPSA) is 39.7 Å². The SMILES string of the molecule is [CH2]Nc1cc(OC)c(OC)c(OC)c1. The highest BCUT2D eigenvalue weighted by atomic mass is 16.5. The highest BCUT2D eigenvalue weighted by Gasteiger charge is 2.11. The summed E-state index contributed by atoms with van der Waals surface area (Å²) >= 11 is 0. The van der Waals surface area contributed by atoms with Gasteiger partial charge in [0.2, 0.25) is 5.75 Å². The Balaban J connectivity index is 3.24. The Morgan fingerprint density at radius 3 is 1.79 bits per heavy atom. The zero-order chi connectivity index (χ0) is 10.6. The van der Waals surface area contributed by atoms with E-state index < -0.39 is 0 Å². The van der Waals surface area contributed by atoms with E-state index in [4.69, 9.17) is 14.2 Å². The van der Waals surface area contributed by atoms with Crippen molar-refractivity contribution in [1.29, 1.82) is 0 Å². The summed E-state index contributed by atoms with van der Waals surface area (Å²) in [6.07, 6.45) is 0. The maximum Gasteiger partial charge on any atom is 0.203 e. The molecule has 0 aromatic heterocycles. The van der Waals surface area contributed by atoms with Gasteiger partial charge >= 0.3 is 0 Å². The maximum atomic E-state index is 5.16. The van der Waals surface area contributed by atoms with Crippen molar-refractivity contribution >= 4 is 5.69 Å². The molecule has 1 aromatic rings. The molecule has 0 aliphatic heterocycles. The fourth-order valence-electron chi connectivity index (χ4n) is 1.18. The molecular weight excluding hydrogens is 182 g/mol. The van der Waals surface area contributed by atoms with Gasteiger partial charge in [0.1, 0.15) is 0 Å². The molecular formula is C10H14NO3. The first-order chi connectivity index (χ1) is 6.76. The largest absolute Gasteiger partial charge is 0.493 e. The zero-order valence-corrected chi connectivity index (χ0v) is 8.59. The van der Waals surface area contributed by atoms with E-state index in [1.807, 2.05) is 0 Å². The van der Waals surface area contributed by atoms with Crippen LogP contribution in [0, 0.1) is 7.05 Å². The van der Waals surface area contributed by atoms with Crippen LogP contribution in [0.25, 0.3) is 0 Å². The van der Waals surface area contributed by atoms with Gasteiger partial charge < -0.3 is 19.5 Å². The molecule has 1 N–H and O–H groups in total. The third-order valence-corrected chi connectivity index (χ3v) is 1.87. The molecule has 0 amide bonds. The Kier molecular flexibility index (Phi) is 3.45. The number of benzene rings is 1. The van der Waals surface area contributed by atoms with Gasteiger partial charge in [0.15, 0.2) is 11.5 Å². The fraction of sp³-hybridized carbons (Fsp3) is 0.300. The van der Waals surface area contributed by atoms with Crippen molar-refractivity contribution in [2.24, 2.45) is 0 Å². The quantitative estimate of drug-likeness (QED) is 0.798. The van der Waals surface area contributed by atoms with Crippen LogP contribution in [0.4, 0.5) is 5.69 Å². The third kappa shape index (κ3) is 1.84. The fourth-order valence-corrected chi connectivity index (χ4v) is 1.18. The van der Waals surface area contributed by atoms with Crippen molar-refractivity contribution in [3.05, 3.63) is 19.2 Å².